The van der Waals surface area contributed by atoms with E-state index in [1.54, 1.807) is 0 Å². The van der Waals surface area contributed by atoms with Crippen LogP contribution in [-0.4, -0.2) is 22.4 Å². The van der Waals surface area contributed by atoms with Crippen LogP contribution in [0.5, 0.6) is 0 Å². The zero-order valence-electron chi connectivity index (χ0n) is 15.4. The van der Waals surface area contributed by atoms with E-state index in [9.17, 15) is 10.2 Å². The number of fused-ring (bicyclic) bond motifs is 5. The molecular weight excluding hydrogens is 284 g/mol. The van der Waals surface area contributed by atoms with E-state index in [1.165, 1.54) is 38.5 Å². The van der Waals surface area contributed by atoms with E-state index in [1.807, 2.05) is 0 Å². The van der Waals surface area contributed by atoms with E-state index in [2.05, 4.69) is 20.8 Å². The van der Waals surface area contributed by atoms with Crippen molar-refractivity contribution in [2.75, 3.05) is 6.61 Å². The van der Waals surface area contributed by atoms with Gasteiger partial charge in [-0.2, -0.15) is 0 Å². The topological polar surface area (TPSA) is 40.5 Å². The van der Waals surface area contributed by atoms with Crippen molar-refractivity contribution < 1.29 is 10.2 Å². The van der Waals surface area contributed by atoms with Gasteiger partial charge in [-0.15, -0.1) is 0 Å². The van der Waals surface area contributed by atoms with Crippen molar-refractivity contribution in [1.29, 1.82) is 0 Å². The maximum Gasteiger partial charge on any atom is 0.0933 e. The van der Waals surface area contributed by atoms with Gasteiger partial charge in [-0.25, -0.2) is 0 Å². The van der Waals surface area contributed by atoms with Crippen molar-refractivity contribution in [3.8, 4) is 0 Å². The molecule has 2 nitrogen and oxygen atoms in total. The van der Waals surface area contributed by atoms with Crippen molar-refractivity contribution in [2.45, 2.75) is 84.2 Å². The summed E-state index contributed by atoms with van der Waals surface area (Å²) in [5.41, 5.74) is -0.313. The summed E-state index contributed by atoms with van der Waals surface area (Å²) >= 11 is 0. The standard InChI is InChI=1S/C21H36O2/c1-14-6-9-19(2)15(12-14)4-5-16-17(19)7-10-20(3)18(16)8-11-21(20,23)13-22/h14-18,22-23H,4-13H2,1-3H3/t14?,15?,16-,17-,18+,19+,20+,21?/m1/s1. The first-order chi connectivity index (χ1) is 10.8. The summed E-state index contributed by atoms with van der Waals surface area (Å²) in [6.45, 7) is 7.29. The Bertz CT molecular complexity index is 476. The molecule has 0 aliphatic heterocycles. The highest BCUT2D eigenvalue weighted by Gasteiger charge is 2.64. The van der Waals surface area contributed by atoms with Crippen LogP contribution in [0.3, 0.4) is 0 Å². The quantitative estimate of drug-likeness (QED) is 0.752. The van der Waals surface area contributed by atoms with Gasteiger partial charge in [0.25, 0.3) is 0 Å². The molecule has 0 amide bonds. The predicted octanol–water partition coefficient (Wildman–Crippen LogP) is 4.39. The van der Waals surface area contributed by atoms with Crippen LogP contribution in [0.15, 0.2) is 0 Å². The molecule has 0 radical (unpaired) electrons. The molecule has 23 heavy (non-hydrogen) atoms. The van der Waals surface area contributed by atoms with Gasteiger partial charge in [0.1, 0.15) is 0 Å². The maximum atomic E-state index is 11.0. The molecule has 3 unspecified atom stereocenters. The lowest BCUT2D eigenvalue weighted by molar-refractivity contribution is -0.165. The lowest BCUT2D eigenvalue weighted by atomic mass is 9.44. The zero-order chi connectivity index (χ0) is 16.5. The van der Waals surface area contributed by atoms with Crippen LogP contribution in [-0.2, 0) is 0 Å². The van der Waals surface area contributed by atoms with E-state index in [4.69, 9.17) is 0 Å². The first-order valence-corrected chi connectivity index (χ1v) is 10.2. The molecule has 8 atom stereocenters. The average molecular weight is 321 g/mol. The largest absolute Gasteiger partial charge is 0.393 e. The maximum absolute atomic E-state index is 11.0. The number of aliphatic hydroxyl groups excluding tert-OH is 1. The molecule has 0 aromatic heterocycles. The molecule has 0 spiro atoms. The molecular formula is C21H36O2. The van der Waals surface area contributed by atoms with Gasteiger partial charge in [0.2, 0.25) is 0 Å². The third kappa shape index (κ3) is 2.06. The van der Waals surface area contributed by atoms with Crippen molar-refractivity contribution in [3.63, 3.8) is 0 Å². The second kappa shape index (κ2) is 5.21. The summed E-state index contributed by atoms with van der Waals surface area (Å²) in [6.07, 6.45) is 11.4. The van der Waals surface area contributed by atoms with E-state index in [0.29, 0.717) is 11.3 Å². The molecule has 4 aliphatic rings. The van der Waals surface area contributed by atoms with Crippen molar-refractivity contribution in [2.24, 2.45) is 40.4 Å². The molecule has 4 rings (SSSR count). The van der Waals surface area contributed by atoms with Crippen molar-refractivity contribution >= 4 is 0 Å². The summed E-state index contributed by atoms with van der Waals surface area (Å²) in [4.78, 5) is 0. The SMILES string of the molecule is CC1CC[C@@]2(C)C(CC[C@@H]3[C@H]2CC[C@@]2(C)[C@H]3CCC2(O)CO)C1. The smallest absolute Gasteiger partial charge is 0.0933 e. The third-order valence-corrected chi connectivity index (χ3v) is 9.51. The highest BCUT2D eigenvalue weighted by molar-refractivity contribution is 5.13. The lowest BCUT2D eigenvalue weighted by Crippen LogP contribution is -2.57. The number of hydrogen-bond acceptors (Lipinski definition) is 2. The van der Waals surface area contributed by atoms with E-state index >= 15 is 0 Å². The number of rotatable bonds is 1. The molecule has 132 valence electrons. The lowest BCUT2D eigenvalue weighted by Gasteiger charge is -2.61. The van der Waals surface area contributed by atoms with E-state index in [0.717, 1.165) is 42.9 Å². The highest BCUT2D eigenvalue weighted by atomic mass is 16.3. The van der Waals surface area contributed by atoms with Gasteiger partial charge < -0.3 is 10.2 Å². The Morgan fingerprint density at radius 1 is 0.913 bits per heavy atom. The van der Waals surface area contributed by atoms with Crippen LogP contribution in [0.4, 0.5) is 0 Å². The fourth-order valence-corrected chi connectivity index (χ4v) is 7.84. The molecule has 2 N–H and O–H groups in total. The predicted molar refractivity (Wildman–Crippen MR) is 92.9 cm³/mol. The zero-order valence-corrected chi connectivity index (χ0v) is 15.4. The Labute approximate surface area is 142 Å². The van der Waals surface area contributed by atoms with Crippen LogP contribution >= 0.6 is 0 Å². The fourth-order valence-electron chi connectivity index (χ4n) is 7.84. The van der Waals surface area contributed by atoms with Crippen LogP contribution in [0.2, 0.25) is 0 Å². The van der Waals surface area contributed by atoms with Gasteiger partial charge in [0.05, 0.1) is 12.2 Å². The highest BCUT2D eigenvalue weighted by Crippen LogP contribution is 2.68. The summed E-state index contributed by atoms with van der Waals surface area (Å²) in [7, 11) is 0. The normalized spacial score (nSPS) is 59.1. The van der Waals surface area contributed by atoms with Gasteiger partial charge in [0, 0.05) is 5.41 Å². The van der Waals surface area contributed by atoms with E-state index in [-0.39, 0.29) is 12.0 Å². The number of aliphatic hydroxyl groups is 2. The van der Waals surface area contributed by atoms with Gasteiger partial charge in [-0.1, -0.05) is 27.2 Å². The van der Waals surface area contributed by atoms with E-state index < -0.39 is 5.60 Å². The van der Waals surface area contributed by atoms with Crippen molar-refractivity contribution in [3.05, 3.63) is 0 Å². The molecule has 0 aromatic carbocycles. The first-order valence-electron chi connectivity index (χ1n) is 10.2. The summed E-state index contributed by atoms with van der Waals surface area (Å²) in [5, 5.41) is 20.9. The molecule has 4 saturated carbocycles. The second-order valence-corrected chi connectivity index (χ2v) is 10.2. The van der Waals surface area contributed by atoms with Gasteiger partial charge >= 0.3 is 0 Å². The minimum absolute atomic E-state index is 0.0468. The van der Waals surface area contributed by atoms with Gasteiger partial charge in [-0.05, 0) is 86.4 Å². The molecule has 4 aliphatic carbocycles. The Balaban J connectivity index is 1.63. The average Bonchev–Trinajstić information content (AvgIpc) is 2.80. The summed E-state index contributed by atoms with van der Waals surface area (Å²) in [6, 6.07) is 0. The van der Waals surface area contributed by atoms with Crippen LogP contribution in [0.25, 0.3) is 0 Å². The van der Waals surface area contributed by atoms with Crippen LogP contribution in [0.1, 0.15) is 78.6 Å². The molecule has 2 heteroatoms. The molecule has 0 saturated heterocycles. The van der Waals surface area contributed by atoms with Gasteiger partial charge in [0.15, 0.2) is 0 Å². The molecule has 0 heterocycles. The minimum atomic E-state index is -0.818. The Kier molecular flexibility index (Phi) is 3.71. The first kappa shape index (κ1) is 16.4. The van der Waals surface area contributed by atoms with Crippen LogP contribution in [0, 0.1) is 40.4 Å². The Morgan fingerprint density at radius 3 is 2.39 bits per heavy atom. The van der Waals surface area contributed by atoms with Crippen LogP contribution < -0.4 is 0 Å². The Hall–Kier alpha value is -0.0800. The fraction of sp³-hybridized carbons (Fsp3) is 1.00. The monoisotopic (exact) mass is 320 g/mol. The summed E-state index contributed by atoms with van der Waals surface area (Å²) < 4.78 is 0. The van der Waals surface area contributed by atoms with Crippen molar-refractivity contribution in [1.82, 2.24) is 0 Å². The van der Waals surface area contributed by atoms with Gasteiger partial charge in [-0.3, -0.25) is 0 Å². The molecule has 0 aromatic rings. The molecule has 0 bridgehead atoms. The number of hydrogen-bond donors (Lipinski definition) is 2. The Morgan fingerprint density at radius 2 is 1.65 bits per heavy atom. The summed E-state index contributed by atoms with van der Waals surface area (Å²) in [5.74, 6) is 4.16. The second-order valence-electron chi connectivity index (χ2n) is 10.2. The minimum Gasteiger partial charge on any atom is -0.393 e. The molecule has 4 fully saturated rings. The third-order valence-electron chi connectivity index (χ3n) is 9.51.